The Morgan fingerprint density at radius 1 is 1.08 bits per heavy atom. The smallest absolute Gasteiger partial charge is 0.213 e. The van der Waals surface area contributed by atoms with E-state index in [0.29, 0.717) is 6.54 Å². The van der Waals surface area contributed by atoms with Crippen molar-refractivity contribution in [2.24, 2.45) is 0 Å². The van der Waals surface area contributed by atoms with E-state index in [0.717, 1.165) is 42.8 Å². The molecular weight excluding hydrogens is 344 g/mol. The van der Waals surface area contributed by atoms with E-state index in [2.05, 4.69) is 19.6 Å². The van der Waals surface area contributed by atoms with E-state index in [1.54, 1.807) is 13.8 Å². The lowest BCUT2D eigenvalue weighted by Gasteiger charge is -2.09. The molecule has 1 heterocycles. The zero-order valence-electron chi connectivity index (χ0n) is 14.0. The fourth-order valence-corrected chi connectivity index (χ4v) is 3.32. The van der Waals surface area contributed by atoms with Crippen molar-refractivity contribution in [1.82, 2.24) is 14.3 Å². The van der Waals surface area contributed by atoms with Gasteiger partial charge in [-0.25, -0.2) is 13.1 Å². The molecular formula is C16H24N4O2S2. The van der Waals surface area contributed by atoms with Crippen molar-refractivity contribution >= 4 is 27.2 Å². The van der Waals surface area contributed by atoms with Crippen LogP contribution in [0.5, 0.6) is 0 Å². The predicted octanol–water partition coefficient (Wildman–Crippen LogP) is 3.12. The number of anilines is 1. The molecule has 0 unspecified atom stereocenters. The Labute approximate surface area is 147 Å². The third-order valence-electron chi connectivity index (χ3n) is 3.65. The van der Waals surface area contributed by atoms with E-state index in [4.69, 9.17) is 0 Å². The predicted molar refractivity (Wildman–Crippen MR) is 99.7 cm³/mol. The van der Waals surface area contributed by atoms with Crippen LogP contribution in [0.4, 0.5) is 5.69 Å². The fraction of sp³-hybridized carbons (Fsp3) is 0.500. The first-order valence-electron chi connectivity index (χ1n) is 8.09. The zero-order chi connectivity index (χ0) is 17.4. The lowest BCUT2D eigenvalue weighted by atomic mass is 10.1. The highest BCUT2D eigenvalue weighted by Crippen LogP contribution is 2.20. The second kappa shape index (κ2) is 9.10. The van der Waals surface area contributed by atoms with Crippen LogP contribution < -0.4 is 10.0 Å². The molecule has 0 aliphatic carbocycles. The van der Waals surface area contributed by atoms with Gasteiger partial charge in [0.1, 0.15) is 5.69 Å². The van der Waals surface area contributed by atoms with Gasteiger partial charge in [-0.3, -0.25) is 0 Å². The Balaban J connectivity index is 1.61. The maximum absolute atomic E-state index is 11.6. The molecule has 2 aromatic rings. The number of sulfonamides is 1. The van der Waals surface area contributed by atoms with Gasteiger partial charge in [-0.2, -0.15) is 0 Å². The number of hydrogen-bond acceptors (Lipinski definition) is 6. The van der Waals surface area contributed by atoms with Crippen molar-refractivity contribution < 1.29 is 8.42 Å². The fourth-order valence-electron chi connectivity index (χ4n) is 2.09. The summed E-state index contributed by atoms with van der Waals surface area (Å²) in [6.07, 6.45) is 2.83. The Bertz CT molecular complexity index is 698. The summed E-state index contributed by atoms with van der Waals surface area (Å²) in [5, 5.41) is 8.97. The molecule has 2 rings (SSSR count). The molecule has 6 nitrogen and oxygen atoms in total. The van der Waals surface area contributed by atoms with Gasteiger partial charge in [-0.15, -0.1) is 5.10 Å². The van der Waals surface area contributed by atoms with Gasteiger partial charge < -0.3 is 5.32 Å². The van der Waals surface area contributed by atoms with E-state index < -0.39 is 10.0 Å². The number of hydrogen-bond donors (Lipinski definition) is 2. The summed E-state index contributed by atoms with van der Waals surface area (Å²) in [7, 11) is -3.13. The largest absolute Gasteiger partial charge is 0.385 e. The highest BCUT2D eigenvalue weighted by molar-refractivity contribution is 7.90. The summed E-state index contributed by atoms with van der Waals surface area (Å²) >= 11 is 1.35. The summed E-state index contributed by atoms with van der Waals surface area (Å²) in [4.78, 5) is 0. The molecule has 0 bridgehead atoms. The van der Waals surface area contributed by atoms with Crippen LogP contribution >= 0.6 is 11.5 Å². The van der Waals surface area contributed by atoms with Crippen molar-refractivity contribution in [3.63, 3.8) is 0 Å². The molecule has 0 atom stereocenters. The summed E-state index contributed by atoms with van der Waals surface area (Å²) in [6.45, 7) is 4.75. The highest BCUT2D eigenvalue weighted by Gasteiger charge is 2.13. The van der Waals surface area contributed by atoms with Crippen molar-refractivity contribution in [2.45, 2.75) is 38.4 Å². The minimum atomic E-state index is -3.13. The van der Waals surface area contributed by atoms with Crippen LogP contribution in [0.3, 0.4) is 0 Å². The quantitative estimate of drug-likeness (QED) is 0.630. The van der Waals surface area contributed by atoms with E-state index in [1.807, 2.05) is 29.6 Å². The van der Waals surface area contributed by atoms with Crippen LogP contribution in [0.25, 0.3) is 11.3 Å². The van der Waals surface area contributed by atoms with Crippen molar-refractivity contribution in [1.29, 1.82) is 0 Å². The molecule has 1 aromatic heterocycles. The summed E-state index contributed by atoms with van der Waals surface area (Å²) in [5.74, 6) is 0. The van der Waals surface area contributed by atoms with Gasteiger partial charge in [0.15, 0.2) is 0 Å². The lowest BCUT2D eigenvalue weighted by Crippen LogP contribution is -2.31. The molecule has 2 N–H and O–H groups in total. The van der Waals surface area contributed by atoms with Gasteiger partial charge >= 0.3 is 0 Å². The first kappa shape index (κ1) is 18.8. The van der Waals surface area contributed by atoms with Gasteiger partial charge in [-0.05, 0) is 50.4 Å². The molecule has 0 aliphatic heterocycles. The van der Waals surface area contributed by atoms with Gasteiger partial charge in [-0.1, -0.05) is 23.0 Å². The first-order chi connectivity index (χ1) is 11.5. The SMILES string of the molecule is CC(C)S(=O)(=O)NCCCCCNc1ccc(-c2csnn2)cc1. The normalized spacial score (nSPS) is 11.8. The second-order valence-corrected chi connectivity index (χ2v) is 8.77. The molecule has 0 radical (unpaired) electrons. The number of benzene rings is 1. The highest BCUT2D eigenvalue weighted by atomic mass is 32.2. The van der Waals surface area contributed by atoms with Crippen LogP contribution in [-0.2, 0) is 10.0 Å². The number of rotatable bonds is 10. The molecule has 0 aliphatic rings. The second-order valence-electron chi connectivity index (χ2n) is 5.84. The summed E-state index contributed by atoms with van der Waals surface area (Å²) in [5.41, 5.74) is 3.03. The minimum Gasteiger partial charge on any atom is -0.385 e. The standard InChI is InChI=1S/C16H24N4O2S2/c1-13(2)24(21,22)18-11-5-3-4-10-17-15-8-6-14(7-9-15)16-12-23-20-19-16/h6-9,12-13,17-18H,3-5,10-11H2,1-2H3. The van der Waals surface area contributed by atoms with Gasteiger partial charge in [0.2, 0.25) is 10.0 Å². The third-order valence-corrected chi connectivity index (χ3v) is 6.00. The molecule has 132 valence electrons. The maximum Gasteiger partial charge on any atom is 0.213 e. The number of unbranched alkanes of at least 4 members (excludes halogenated alkanes) is 2. The average Bonchev–Trinajstić information content (AvgIpc) is 3.09. The first-order valence-corrected chi connectivity index (χ1v) is 10.5. The van der Waals surface area contributed by atoms with E-state index in [1.165, 1.54) is 11.5 Å². The van der Waals surface area contributed by atoms with Crippen LogP contribution in [0.15, 0.2) is 29.6 Å². The van der Waals surface area contributed by atoms with E-state index in [-0.39, 0.29) is 5.25 Å². The molecule has 0 spiro atoms. The number of nitrogens with one attached hydrogen (secondary N) is 2. The third kappa shape index (κ3) is 5.85. The summed E-state index contributed by atoms with van der Waals surface area (Å²) < 4.78 is 29.7. The monoisotopic (exact) mass is 368 g/mol. The van der Waals surface area contributed by atoms with Crippen molar-refractivity contribution in [3.8, 4) is 11.3 Å². The van der Waals surface area contributed by atoms with E-state index >= 15 is 0 Å². The molecule has 24 heavy (non-hydrogen) atoms. The Kier molecular flexibility index (Phi) is 7.14. The summed E-state index contributed by atoms with van der Waals surface area (Å²) in [6, 6.07) is 8.12. The van der Waals surface area contributed by atoms with Crippen LogP contribution in [0, 0.1) is 0 Å². The Morgan fingerprint density at radius 3 is 2.42 bits per heavy atom. The van der Waals surface area contributed by atoms with E-state index in [9.17, 15) is 8.42 Å². The molecule has 0 saturated heterocycles. The topological polar surface area (TPSA) is 84.0 Å². The Morgan fingerprint density at radius 2 is 1.79 bits per heavy atom. The van der Waals surface area contributed by atoms with Crippen LogP contribution in [-0.4, -0.2) is 36.3 Å². The minimum absolute atomic E-state index is 0.373. The van der Waals surface area contributed by atoms with Crippen LogP contribution in [0.2, 0.25) is 0 Å². The molecule has 8 heteroatoms. The van der Waals surface area contributed by atoms with Gasteiger partial charge in [0, 0.05) is 29.7 Å². The molecule has 0 saturated carbocycles. The van der Waals surface area contributed by atoms with Crippen LogP contribution in [0.1, 0.15) is 33.1 Å². The molecule has 0 fully saturated rings. The zero-order valence-corrected chi connectivity index (χ0v) is 15.7. The van der Waals surface area contributed by atoms with Gasteiger partial charge in [0.25, 0.3) is 0 Å². The number of aromatic nitrogens is 2. The van der Waals surface area contributed by atoms with Crippen molar-refractivity contribution in [3.05, 3.63) is 29.6 Å². The lowest BCUT2D eigenvalue weighted by molar-refractivity contribution is 0.566. The van der Waals surface area contributed by atoms with Gasteiger partial charge in [0.05, 0.1) is 5.25 Å². The molecule has 0 amide bonds. The number of nitrogens with zero attached hydrogens (tertiary/aromatic N) is 2. The average molecular weight is 369 g/mol. The van der Waals surface area contributed by atoms with Crippen molar-refractivity contribution in [2.75, 3.05) is 18.4 Å². The maximum atomic E-state index is 11.6. The Hall–Kier alpha value is -1.51. The molecule has 1 aromatic carbocycles.